The highest BCUT2D eigenvalue weighted by molar-refractivity contribution is 6.47. The first-order valence-electron chi connectivity index (χ1n) is 6.79. The van der Waals surface area contributed by atoms with Crippen LogP contribution in [-0.4, -0.2) is 32.4 Å². The Labute approximate surface area is 116 Å². The van der Waals surface area contributed by atoms with Crippen LogP contribution in [0.4, 0.5) is 0 Å². The van der Waals surface area contributed by atoms with Crippen LogP contribution in [-0.2, 0) is 15.8 Å². The van der Waals surface area contributed by atoms with E-state index < -0.39 is 0 Å². The second kappa shape index (κ2) is 5.18. The lowest BCUT2D eigenvalue weighted by atomic mass is 9.82. The predicted molar refractivity (Wildman–Crippen MR) is 78.7 cm³/mol. The van der Waals surface area contributed by atoms with E-state index in [1.807, 2.05) is 19.9 Å². The van der Waals surface area contributed by atoms with Gasteiger partial charge in [0.15, 0.2) is 0 Å². The van der Waals surface area contributed by atoms with Crippen LogP contribution in [0.5, 0.6) is 5.75 Å². The summed E-state index contributed by atoms with van der Waals surface area (Å²) in [5, 5.41) is 0. The van der Waals surface area contributed by atoms with Gasteiger partial charge < -0.3 is 14.1 Å². The van der Waals surface area contributed by atoms with Crippen LogP contribution >= 0.6 is 0 Å². The summed E-state index contributed by atoms with van der Waals surface area (Å²) in [6.07, 6.45) is 0.996. The third-order valence-corrected chi connectivity index (χ3v) is 4.31. The molecule has 0 unspecified atom stereocenters. The maximum absolute atomic E-state index is 6.07. The quantitative estimate of drug-likeness (QED) is 0.757. The minimum absolute atomic E-state index is 0.327. The molecule has 3 nitrogen and oxygen atoms in total. The monoisotopic (exact) mass is 262 g/mol. The molecule has 0 aromatic heterocycles. The van der Waals surface area contributed by atoms with Crippen LogP contribution in [0.15, 0.2) is 18.2 Å². The fraction of sp³-hybridized carbons (Fsp3) is 0.600. The normalized spacial score (nSPS) is 15.0. The molecule has 1 aromatic rings. The molecule has 19 heavy (non-hydrogen) atoms. The molecule has 1 heterocycles. The van der Waals surface area contributed by atoms with Gasteiger partial charge in [0.05, 0.1) is 17.8 Å². The highest BCUT2D eigenvalue weighted by Crippen LogP contribution is 2.28. The third kappa shape index (κ3) is 2.95. The molecule has 1 aliphatic rings. The first-order chi connectivity index (χ1) is 8.86. The number of methoxy groups -OCH3 is 1. The van der Waals surface area contributed by atoms with E-state index in [0.717, 1.165) is 18.8 Å². The zero-order valence-corrected chi connectivity index (χ0v) is 12.6. The number of fused-ring (bicyclic) bond motifs is 1. The van der Waals surface area contributed by atoms with E-state index in [9.17, 15) is 0 Å². The van der Waals surface area contributed by atoms with Gasteiger partial charge in [-0.25, -0.2) is 0 Å². The van der Waals surface area contributed by atoms with Crippen LogP contribution in [0.25, 0.3) is 0 Å². The average Bonchev–Trinajstić information content (AvgIpc) is 2.83. The van der Waals surface area contributed by atoms with E-state index in [2.05, 4.69) is 26.0 Å². The number of hydrogen-bond acceptors (Lipinski definition) is 3. The second-order valence-corrected chi connectivity index (χ2v) is 6.05. The Bertz CT molecular complexity index is 455. The SMILES string of the molecule is COC(C)(C)C(C)(C)OBc1ccc2c(c1)CCO2. The van der Waals surface area contributed by atoms with Crippen molar-refractivity contribution < 1.29 is 14.1 Å². The van der Waals surface area contributed by atoms with E-state index in [-0.39, 0.29) is 11.2 Å². The second-order valence-electron chi connectivity index (χ2n) is 6.05. The Hall–Kier alpha value is -0.995. The van der Waals surface area contributed by atoms with Crippen LogP contribution in [0.3, 0.4) is 0 Å². The molecular formula is C15H23BO3. The maximum Gasteiger partial charge on any atom is 0.309 e. The highest BCUT2D eigenvalue weighted by Gasteiger charge is 2.37. The van der Waals surface area contributed by atoms with Gasteiger partial charge in [-0.3, -0.25) is 0 Å². The van der Waals surface area contributed by atoms with Gasteiger partial charge in [0.2, 0.25) is 0 Å². The molecule has 1 aromatic carbocycles. The van der Waals surface area contributed by atoms with E-state index in [1.165, 1.54) is 11.0 Å². The van der Waals surface area contributed by atoms with Crippen molar-refractivity contribution in [2.24, 2.45) is 0 Å². The number of rotatable bonds is 5. The van der Waals surface area contributed by atoms with Crippen molar-refractivity contribution in [1.29, 1.82) is 0 Å². The molecule has 0 saturated heterocycles. The number of ether oxygens (including phenoxy) is 2. The molecule has 0 N–H and O–H groups in total. The third-order valence-electron chi connectivity index (χ3n) is 4.31. The molecule has 2 rings (SSSR count). The summed E-state index contributed by atoms with van der Waals surface area (Å²) in [7, 11) is 2.31. The van der Waals surface area contributed by atoms with Gasteiger partial charge in [0, 0.05) is 13.5 Å². The smallest absolute Gasteiger partial charge is 0.309 e. The molecule has 0 atom stereocenters. The summed E-state index contributed by atoms with van der Waals surface area (Å²) in [6.45, 7) is 9.01. The van der Waals surface area contributed by atoms with Gasteiger partial charge in [0.25, 0.3) is 0 Å². The maximum atomic E-state index is 6.07. The van der Waals surface area contributed by atoms with Crippen LogP contribution in [0, 0.1) is 0 Å². The average molecular weight is 262 g/mol. The first kappa shape index (κ1) is 14.4. The summed E-state index contributed by atoms with van der Waals surface area (Å²) in [5.74, 6) is 1.01. The Balaban J connectivity index is 2.03. The molecule has 4 heteroatoms. The topological polar surface area (TPSA) is 27.7 Å². The molecule has 1 aliphatic heterocycles. The van der Waals surface area contributed by atoms with Crippen molar-refractivity contribution in [2.75, 3.05) is 13.7 Å². The van der Waals surface area contributed by atoms with Crippen molar-refractivity contribution in [3.8, 4) is 5.75 Å². The first-order valence-corrected chi connectivity index (χ1v) is 6.79. The van der Waals surface area contributed by atoms with Crippen molar-refractivity contribution in [3.63, 3.8) is 0 Å². The van der Waals surface area contributed by atoms with Gasteiger partial charge in [-0.15, -0.1) is 0 Å². The fourth-order valence-electron chi connectivity index (χ4n) is 2.01. The lowest BCUT2D eigenvalue weighted by molar-refractivity contribution is -0.114. The minimum atomic E-state index is -0.350. The summed E-state index contributed by atoms with van der Waals surface area (Å²) in [4.78, 5) is 0. The molecule has 0 spiro atoms. The summed E-state index contributed by atoms with van der Waals surface area (Å²) >= 11 is 0. The predicted octanol–water partition coefficient (Wildman–Crippen LogP) is 1.82. The Morgan fingerprint density at radius 3 is 2.58 bits per heavy atom. The zero-order valence-electron chi connectivity index (χ0n) is 12.6. The van der Waals surface area contributed by atoms with E-state index in [1.54, 1.807) is 7.11 Å². The van der Waals surface area contributed by atoms with Gasteiger partial charge in [-0.1, -0.05) is 17.6 Å². The van der Waals surface area contributed by atoms with Crippen LogP contribution in [0.2, 0.25) is 0 Å². The Kier molecular flexibility index (Phi) is 3.93. The van der Waals surface area contributed by atoms with Crippen molar-refractivity contribution in [3.05, 3.63) is 23.8 Å². The summed E-state index contributed by atoms with van der Waals surface area (Å²) < 4.78 is 17.1. The molecular weight excluding hydrogens is 239 g/mol. The summed E-state index contributed by atoms with van der Waals surface area (Å²) in [5.41, 5.74) is 1.79. The Morgan fingerprint density at radius 2 is 1.89 bits per heavy atom. The van der Waals surface area contributed by atoms with Crippen molar-refractivity contribution >= 4 is 12.9 Å². The lowest BCUT2D eigenvalue weighted by Crippen LogP contribution is -2.50. The molecule has 0 amide bonds. The van der Waals surface area contributed by atoms with Crippen molar-refractivity contribution in [2.45, 2.75) is 45.3 Å². The van der Waals surface area contributed by atoms with Crippen LogP contribution in [0.1, 0.15) is 33.3 Å². The van der Waals surface area contributed by atoms with Crippen LogP contribution < -0.4 is 10.2 Å². The van der Waals surface area contributed by atoms with E-state index >= 15 is 0 Å². The number of hydrogen-bond donors (Lipinski definition) is 0. The molecule has 0 radical (unpaired) electrons. The van der Waals surface area contributed by atoms with E-state index in [4.69, 9.17) is 14.1 Å². The number of benzene rings is 1. The molecule has 0 saturated carbocycles. The fourth-order valence-corrected chi connectivity index (χ4v) is 2.01. The van der Waals surface area contributed by atoms with Crippen molar-refractivity contribution in [1.82, 2.24) is 0 Å². The molecule has 0 aliphatic carbocycles. The molecule has 0 fully saturated rings. The van der Waals surface area contributed by atoms with E-state index in [0.29, 0.717) is 7.48 Å². The molecule has 0 bridgehead atoms. The lowest BCUT2D eigenvalue weighted by Gasteiger charge is -2.40. The van der Waals surface area contributed by atoms with Gasteiger partial charge in [0.1, 0.15) is 5.75 Å². The standard InChI is InChI=1S/C15H23BO3/c1-14(2,17-5)15(3,4)19-16-12-6-7-13-11(10-12)8-9-18-13/h6-7,10,16H,8-9H2,1-5H3. The van der Waals surface area contributed by atoms with Gasteiger partial charge >= 0.3 is 7.48 Å². The van der Waals surface area contributed by atoms with Gasteiger partial charge in [-0.2, -0.15) is 0 Å². The molecule has 104 valence electrons. The largest absolute Gasteiger partial charge is 0.493 e. The van der Waals surface area contributed by atoms with Gasteiger partial charge in [-0.05, 0) is 39.3 Å². The minimum Gasteiger partial charge on any atom is -0.493 e. The highest BCUT2D eigenvalue weighted by atomic mass is 16.5. The Morgan fingerprint density at radius 1 is 1.16 bits per heavy atom. The zero-order chi connectivity index (χ0) is 14.1. The summed E-state index contributed by atoms with van der Waals surface area (Å²) in [6, 6.07) is 6.29.